The van der Waals surface area contributed by atoms with Crippen LogP contribution in [0.5, 0.6) is 5.75 Å². The molecule has 0 saturated carbocycles. The standard InChI is InChI=1S/C17H18N4O2S/c1-4-14(15(22)11-5-7-12(23-3)8-6-11)24-17-13-9-20-21(2)16(13)18-10-19-17/h5-10,14H,4H2,1-3H3. The molecule has 0 spiro atoms. The normalized spacial score (nSPS) is 12.3. The number of fused-ring (bicyclic) bond motifs is 1. The van der Waals surface area contributed by atoms with Gasteiger partial charge in [0.05, 0.1) is 23.9 Å². The van der Waals surface area contributed by atoms with Crippen LogP contribution in [0.15, 0.2) is 41.8 Å². The van der Waals surface area contributed by atoms with E-state index >= 15 is 0 Å². The van der Waals surface area contributed by atoms with Crippen LogP contribution in [0, 0.1) is 0 Å². The van der Waals surface area contributed by atoms with Crippen LogP contribution in [0.25, 0.3) is 11.0 Å². The third kappa shape index (κ3) is 3.12. The number of carbonyl (C=O) groups is 1. The van der Waals surface area contributed by atoms with Crippen molar-refractivity contribution in [2.75, 3.05) is 7.11 Å². The Morgan fingerprint density at radius 2 is 2.04 bits per heavy atom. The van der Waals surface area contributed by atoms with E-state index in [0.29, 0.717) is 12.0 Å². The highest BCUT2D eigenvalue weighted by Gasteiger charge is 2.22. The van der Waals surface area contributed by atoms with Gasteiger partial charge in [-0.15, -0.1) is 0 Å². The molecule has 0 aliphatic carbocycles. The molecular weight excluding hydrogens is 324 g/mol. The maximum absolute atomic E-state index is 12.8. The number of nitrogens with zero attached hydrogens (tertiary/aromatic N) is 4. The van der Waals surface area contributed by atoms with Crippen molar-refractivity contribution in [3.8, 4) is 5.75 Å². The third-order valence-electron chi connectivity index (χ3n) is 3.78. The summed E-state index contributed by atoms with van der Waals surface area (Å²) < 4.78 is 6.84. The Labute approximate surface area is 144 Å². The van der Waals surface area contributed by atoms with Gasteiger partial charge >= 0.3 is 0 Å². The van der Waals surface area contributed by atoms with Crippen molar-refractivity contribution in [2.24, 2.45) is 7.05 Å². The number of ketones is 1. The molecule has 0 saturated heterocycles. The molecular formula is C17H18N4O2S. The number of ether oxygens (including phenoxy) is 1. The molecule has 7 heteroatoms. The van der Waals surface area contributed by atoms with Gasteiger partial charge < -0.3 is 4.74 Å². The second-order valence-electron chi connectivity index (χ2n) is 5.29. The number of Topliss-reactive ketones (excluding diaryl/α,β-unsaturated/α-hetero) is 1. The zero-order valence-corrected chi connectivity index (χ0v) is 14.6. The summed E-state index contributed by atoms with van der Waals surface area (Å²) in [5, 5.41) is 5.65. The number of rotatable bonds is 6. The molecule has 0 radical (unpaired) electrons. The second-order valence-corrected chi connectivity index (χ2v) is 6.48. The van der Waals surface area contributed by atoms with Crippen molar-refractivity contribution in [1.82, 2.24) is 19.7 Å². The van der Waals surface area contributed by atoms with Crippen LogP contribution < -0.4 is 4.74 Å². The Kier molecular flexibility index (Phi) is 4.80. The molecule has 0 N–H and O–H groups in total. The monoisotopic (exact) mass is 342 g/mol. The topological polar surface area (TPSA) is 69.9 Å². The quantitative estimate of drug-likeness (QED) is 0.389. The van der Waals surface area contributed by atoms with Crippen molar-refractivity contribution in [3.63, 3.8) is 0 Å². The molecule has 0 aliphatic rings. The molecule has 3 aromatic rings. The third-order valence-corrected chi connectivity index (χ3v) is 5.17. The molecule has 124 valence electrons. The van der Waals surface area contributed by atoms with Gasteiger partial charge in [0.15, 0.2) is 11.4 Å². The molecule has 6 nitrogen and oxygen atoms in total. The lowest BCUT2D eigenvalue weighted by molar-refractivity contribution is 0.0988. The zero-order valence-electron chi connectivity index (χ0n) is 13.8. The fraction of sp³-hybridized carbons (Fsp3) is 0.294. The van der Waals surface area contributed by atoms with Gasteiger partial charge in [0.1, 0.15) is 17.1 Å². The van der Waals surface area contributed by atoms with Gasteiger partial charge in [0, 0.05) is 12.6 Å². The smallest absolute Gasteiger partial charge is 0.176 e. The number of hydrogen-bond donors (Lipinski definition) is 0. The Morgan fingerprint density at radius 3 is 2.71 bits per heavy atom. The largest absolute Gasteiger partial charge is 0.497 e. The van der Waals surface area contributed by atoms with Gasteiger partial charge in [-0.1, -0.05) is 18.7 Å². The lowest BCUT2D eigenvalue weighted by Crippen LogP contribution is -2.16. The minimum Gasteiger partial charge on any atom is -0.497 e. The Balaban J connectivity index is 1.86. The van der Waals surface area contributed by atoms with Crippen molar-refractivity contribution >= 4 is 28.6 Å². The van der Waals surface area contributed by atoms with E-state index in [1.807, 2.05) is 14.0 Å². The van der Waals surface area contributed by atoms with Crippen molar-refractivity contribution in [2.45, 2.75) is 23.6 Å². The summed E-state index contributed by atoms with van der Waals surface area (Å²) in [5.41, 5.74) is 1.44. The number of methoxy groups -OCH3 is 1. The first-order chi connectivity index (χ1) is 11.6. The summed E-state index contributed by atoms with van der Waals surface area (Å²) >= 11 is 1.46. The van der Waals surface area contributed by atoms with Crippen LogP contribution in [0.4, 0.5) is 0 Å². The van der Waals surface area contributed by atoms with E-state index in [1.54, 1.807) is 42.3 Å². The average molecular weight is 342 g/mol. The Bertz CT molecular complexity index is 861. The van der Waals surface area contributed by atoms with Crippen molar-refractivity contribution in [1.29, 1.82) is 0 Å². The highest BCUT2D eigenvalue weighted by molar-refractivity contribution is 8.00. The number of carbonyl (C=O) groups excluding carboxylic acids is 1. The molecule has 0 fully saturated rings. The molecule has 1 aromatic carbocycles. The Hall–Kier alpha value is -2.41. The zero-order chi connectivity index (χ0) is 17.1. The molecule has 2 aromatic heterocycles. The van der Waals surface area contributed by atoms with Crippen LogP contribution in [-0.4, -0.2) is 37.9 Å². The molecule has 0 amide bonds. The minimum absolute atomic E-state index is 0.0841. The average Bonchev–Trinajstić information content (AvgIpc) is 3.01. The van der Waals surface area contributed by atoms with E-state index < -0.39 is 0 Å². The SMILES string of the molecule is CCC(Sc1ncnc2c1cnn2C)C(=O)c1ccc(OC)cc1. The van der Waals surface area contributed by atoms with Crippen molar-refractivity contribution < 1.29 is 9.53 Å². The summed E-state index contributed by atoms with van der Waals surface area (Å²) in [4.78, 5) is 21.4. The van der Waals surface area contributed by atoms with E-state index in [1.165, 1.54) is 18.1 Å². The first-order valence-electron chi connectivity index (χ1n) is 7.61. The molecule has 0 bridgehead atoms. The van der Waals surface area contributed by atoms with E-state index in [9.17, 15) is 4.79 Å². The Morgan fingerprint density at radius 1 is 1.29 bits per heavy atom. The van der Waals surface area contributed by atoms with Crippen LogP contribution in [-0.2, 0) is 7.05 Å². The van der Waals surface area contributed by atoms with E-state index in [0.717, 1.165) is 21.8 Å². The molecule has 24 heavy (non-hydrogen) atoms. The minimum atomic E-state index is -0.211. The number of thioether (sulfide) groups is 1. The van der Waals surface area contributed by atoms with Gasteiger partial charge in [0.2, 0.25) is 0 Å². The van der Waals surface area contributed by atoms with Gasteiger partial charge in [-0.25, -0.2) is 9.97 Å². The summed E-state index contributed by atoms with van der Waals surface area (Å²) in [6.45, 7) is 2.00. The van der Waals surface area contributed by atoms with Gasteiger partial charge in [-0.2, -0.15) is 5.10 Å². The van der Waals surface area contributed by atoms with Gasteiger partial charge in [-0.3, -0.25) is 9.48 Å². The number of benzene rings is 1. The number of aryl methyl sites for hydroxylation is 1. The summed E-state index contributed by atoms with van der Waals surface area (Å²) in [7, 11) is 3.44. The van der Waals surface area contributed by atoms with Crippen molar-refractivity contribution in [3.05, 3.63) is 42.4 Å². The molecule has 1 atom stereocenters. The number of aromatic nitrogens is 4. The summed E-state index contributed by atoms with van der Waals surface area (Å²) in [6.07, 6.45) is 3.96. The molecule has 2 heterocycles. The van der Waals surface area contributed by atoms with Gasteiger partial charge in [-0.05, 0) is 30.7 Å². The fourth-order valence-electron chi connectivity index (χ4n) is 2.43. The van der Waals surface area contributed by atoms with E-state index in [-0.39, 0.29) is 11.0 Å². The molecule has 1 unspecified atom stereocenters. The van der Waals surface area contributed by atoms with Gasteiger partial charge in [0.25, 0.3) is 0 Å². The highest BCUT2D eigenvalue weighted by Crippen LogP contribution is 2.31. The van der Waals surface area contributed by atoms with Crippen LogP contribution in [0.3, 0.4) is 0 Å². The van der Waals surface area contributed by atoms with Crippen LogP contribution >= 0.6 is 11.8 Å². The summed E-state index contributed by atoms with van der Waals surface area (Å²) in [6, 6.07) is 7.19. The molecule has 0 aliphatic heterocycles. The maximum Gasteiger partial charge on any atom is 0.176 e. The first kappa shape index (κ1) is 16.4. The predicted molar refractivity (Wildman–Crippen MR) is 93.6 cm³/mol. The van der Waals surface area contributed by atoms with Crippen LogP contribution in [0.1, 0.15) is 23.7 Å². The maximum atomic E-state index is 12.8. The lowest BCUT2D eigenvalue weighted by atomic mass is 10.1. The highest BCUT2D eigenvalue weighted by atomic mass is 32.2. The summed E-state index contributed by atoms with van der Waals surface area (Å²) in [5.74, 6) is 0.820. The van der Waals surface area contributed by atoms with E-state index in [2.05, 4.69) is 15.1 Å². The first-order valence-corrected chi connectivity index (χ1v) is 8.49. The van der Waals surface area contributed by atoms with E-state index in [4.69, 9.17) is 4.74 Å². The fourth-order valence-corrected chi connectivity index (χ4v) is 3.49. The molecule has 3 rings (SSSR count). The lowest BCUT2D eigenvalue weighted by Gasteiger charge is -2.13. The van der Waals surface area contributed by atoms with Crippen LogP contribution in [0.2, 0.25) is 0 Å². The predicted octanol–water partition coefficient (Wildman–Crippen LogP) is 3.13. The number of hydrogen-bond acceptors (Lipinski definition) is 6. The second kappa shape index (κ2) is 7.00.